The van der Waals surface area contributed by atoms with Crippen molar-refractivity contribution in [3.63, 3.8) is 0 Å². The molecule has 1 atom stereocenters. The molecule has 2 aromatic rings. The zero-order valence-electron chi connectivity index (χ0n) is 12.6. The Bertz CT molecular complexity index is 589. The first-order valence-electron chi connectivity index (χ1n) is 7.00. The highest BCUT2D eigenvalue weighted by molar-refractivity contribution is 6.31. The van der Waals surface area contributed by atoms with E-state index in [0.29, 0.717) is 0 Å². The van der Waals surface area contributed by atoms with Crippen molar-refractivity contribution in [2.75, 3.05) is 7.05 Å². The minimum Gasteiger partial charge on any atom is -0.311 e. The molecule has 1 aromatic carbocycles. The van der Waals surface area contributed by atoms with Gasteiger partial charge in [0.2, 0.25) is 0 Å². The van der Waals surface area contributed by atoms with Gasteiger partial charge in [-0.25, -0.2) is 0 Å². The minimum absolute atomic E-state index is 0.216. The monoisotopic (exact) mass is 291 g/mol. The van der Waals surface area contributed by atoms with E-state index in [9.17, 15) is 0 Å². The maximum absolute atomic E-state index is 6.34. The lowest BCUT2D eigenvalue weighted by molar-refractivity contribution is 0.537. The lowest BCUT2D eigenvalue weighted by atomic mass is 10.0. The standard InChI is InChI=1S/C16H22ClN3/c1-5-13-10-16(20(4)19-13)15(18-3)9-12-7-6-11(2)8-14(12)17/h6-8,10,15,18H,5,9H2,1-4H3. The summed E-state index contributed by atoms with van der Waals surface area (Å²) < 4.78 is 1.96. The molecule has 0 saturated heterocycles. The number of nitrogens with zero attached hydrogens (tertiary/aromatic N) is 2. The first kappa shape index (κ1) is 15.1. The molecule has 0 fully saturated rings. The minimum atomic E-state index is 0.216. The third-order valence-electron chi connectivity index (χ3n) is 3.67. The zero-order valence-corrected chi connectivity index (χ0v) is 13.3. The number of nitrogens with one attached hydrogen (secondary N) is 1. The average Bonchev–Trinajstić information content (AvgIpc) is 2.79. The maximum atomic E-state index is 6.34. The van der Waals surface area contributed by atoms with E-state index in [1.54, 1.807) is 0 Å². The Hall–Kier alpha value is -1.32. The fourth-order valence-corrected chi connectivity index (χ4v) is 2.75. The van der Waals surface area contributed by atoms with Crippen LogP contribution in [0.1, 0.15) is 35.5 Å². The third kappa shape index (κ3) is 3.22. The number of hydrogen-bond donors (Lipinski definition) is 1. The molecule has 4 heteroatoms. The van der Waals surface area contributed by atoms with E-state index < -0.39 is 0 Å². The van der Waals surface area contributed by atoms with Gasteiger partial charge in [-0.2, -0.15) is 5.10 Å². The van der Waals surface area contributed by atoms with Gasteiger partial charge >= 0.3 is 0 Å². The van der Waals surface area contributed by atoms with Crippen molar-refractivity contribution in [2.24, 2.45) is 7.05 Å². The molecular formula is C16H22ClN3. The summed E-state index contributed by atoms with van der Waals surface area (Å²) in [6.07, 6.45) is 1.81. The highest BCUT2D eigenvalue weighted by Gasteiger charge is 2.16. The van der Waals surface area contributed by atoms with Gasteiger partial charge in [-0.05, 0) is 50.1 Å². The SMILES string of the molecule is CCc1cc(C(Cc2ccc(C)cc2Cl)NC)n(C)n1. The Balaban J connectivity index is 2.26. The highest BCUT2D eigenvalue weighted by Crippen LogP contribution is 2.24. The molecule has 2 rings (SSSR count). The molecular weight excluding hydrogens is 270 g/mol. The van der Waals surface area contributed by atoms with Crippen LogP contribution in [0.4, 0.5) is 0 Å². The number of hydrogen-bond acceptors (Lipinski definition) is 2. The average molecular weight is 292 g/mol. The summed E-state index contributed by atoms with van der Waals surface area (Å²) in [6, 6.07) is 8.62. The lowest BCUT2D eigenvalue weighted by Crippen LogP contribution is -2.21. The van der Waals surface area contributed by atoms with Gasteiger partial charge in [0, 0.05) is 12.1 Å². The molecule has 0 aliphatic carbocycles. The van der Waals surface area contributed by atoms with Crippen LogP contribution in [0.15, 0.2) is 24.3 Å². The van der Waals surface area contributed by atoms with Crippen LogP contribution in [0.5, 0.6) is 0 Å². The van der Waals surface area contributed by atoms with Crippen LogP contribution in [0.3, 0.4) is 0 Å². The fourth-order valence-electron chi connectivity index (χ4n) is 2.43. The van der Waals surface area contributed by atoms with Crippen LogP contribution in [0.25, 0.3) is 0 Å². The Morgan fingerprint density at radius 2 is 2.10 bits per heavy atom. The highest BCUT2D eigenvalue weighted by atomic mass is 35.5. The van der Waals surface area contributed by atoms with Crippen LogP contribution >= 0.6 is 11.6 Å². The number of rotatable bonds is 5. The van der Waals surface area contributed by atoms with Crippen molar-refractivity contribution in [2.45, 2.75) is 32.7 Å². The number of likely N-dealkylation sites (N-methyl/N-ethyl adjacent to an activating group) is 1. The van der Waals surface area contributed by atoms with E-state index in [2.05, 4.69) is 42.5 Å². The van der Waals surface area contributed by atoms with E-state index >= 15 is 0 Å². The number of aryl methyl sites for hydroxylation is 3. The maximum Gasteiger partial charge on any atom is 0.0625 e. The van der Waals surface area contributed by atoms with Crippen molar-refractivity contribution in [1.82, 2.24) is 15.1 Å². The van der Waals surface area contributed by atoms with Crippen molar-refractivity contribution in [3.8, 4) is 0 Å². The summed E-state index contributed by atoms with van der Waals surface area (Å²) in [5.74, 6) is 0. The molecule has 0 bridgehead atoms. The van der Waals surface area contributed by atoms with Gasteiger partial charge in [0.1, 0.15) is 0 Å². The van der Waals surface area contributed by atoms with Crippen LogP contribution in [-0.4, -0.2) is 16.8 Å². The first-order valence-corrected chi connectivity index (χ1v) is 7.38. The predicted octanol–water partition coefficient (Wildman–Crippen LogP) is 3.45. The number of halogens is 1. The van der Waals surface area contributed by atoms with Crippen LogP contribution in [0, 0.1) is 6.92 Å². The van der Waals surface area contributed by atoms with Gasteiger partial charge < -0.3 is 5.32 Å². The van der Waals surface area contributed by atoms with Crippen molar-refractivity contribution < 1.29 is 0 Å². The van der Waals surface area contributed by atoms with Crippen LogP contribution < -0.4 is 5.32 Å². The van der Waals surface area contributed by atoms with Crippen molar-refractivity contribution in [1.29, 1.82) is 0 Å². The number of benzene rings is 1. The van der Waals surface area contributed by atoms with Crippen LogP contribution in [0.2, 0.25) is 5.02 Å². The van der Waals surface area contributed by atoms with Crippen LogP contribution in [-0.2, 0) is 19.9 Å². The topological polar surface area (TPSA) is 29.9 Å². The molecule has 20 heavy (non-hydrogen) atoms. The molecule has 108 valence electrons. The Morgan fingerprint density at radius 3 is 2.65 bits per heavy atom. The molecule has 1 heterocycles. The second-order valence-corrected chi connectivity index (χ2v) is 5.59. The molecule has 0 radical (unpaired) electrons. The van der Waals surface area contributed by atoms with Gasteiger partial charge in [-0.3, -0.25) is 4.68 Å². The lowest BCUT2D eigenvalue weighted by Gasteiger charge is -2.17. The van der Waals surface area contributed by atoms with Gasteiger partial charge in [0.25, 0.3) is 0 Å². The summed E-state index contributed by atoms with van der Waals surface area (Å²) >= 11 is 6.34. The molecule has 3 nitrogen and oxygen atoms in total. The molecule has 0 amide bonds. The van der Waals surface area contributed by atoms with E-state index in [4.69, 9.17) is 11.6 Å². The Labute approximate surface area is 126 Å². The van der Waals surface area contributed by atoms with Gasteiger partial charge in [0.15, 0.2) is 0 Å². The van der Waals surface area contributed by atoms with Gasteiger partial charge in [-0.1, -0.05) is 30.7 Å². The second kappa shape index (κ2) is 6.42. The summed E-state index contributed by atoms with van der Waals surface area (Å²) in [5, 5.41) is 8.72. The Morgan fingerprint density at radius 1 is 1.35 bits per heavy atom. The van der Waals surface area contributed by atoms with Crippen molar-refractivity contribution >= 4 is 11.6 Å². The summed E-state index contributed by atoms with van der Waals surface area (Å²) in [4.78, 5) is 0. The van der Waals surface area contributed by atoms with E-state index in [1.807, 2.05) is 24.8 Å². The molecule has 1 N–H and O–H groups in total. The molecule has 0 spiro atoms. The zero-order chi connectivity index (χ0) is 14.7. The smallest absolute Gasteiger partial charge is 0.0625 e. The molecule has 0 aliphatic heterocycles. The first-order chi connectivity index (χ1) is 9.55. The normalized spacial score (nSPS) is 12.7. The molecule has 1 aromatic heterocycles. The molecule has 0 saturated carbocycles. The Kier molecular flexibility index (Phi) is 4.84. The quantitative estimate of drug-likeness (QED) is 0.914. The fraction of sp³-hybridized carbons (Fsp3) is 0.438. The largest absolute Gasteiger partial charge is 0.311 e. The third-order valence-corrected chi connectivity index (χ3v) is 4.02. The summed E-state index contributed by atoms with van der Waals surface area (Å²) in [7, 11) is 3.97. The van der Waals surface area contributed by atoms with E-state index in [0.717, 1.165) is 29.1 Å². The second-order valence-electron chi connectivity index (χ2n) is 5.18. The predicted molar refractivity (Wildman–Crippen MR) is 84.3 cm³/mol. The van der Waals surface area contributed by atoms with E-state index in [1.165, 1.54) is 11.3 Å². The molecule has 0 aliphatic rings. The molecule has 1 unspecified atom stereocenters. The summed E-state index contributed by atoms with van der Waals surface area (Å²) in [6.45, 7) is 4.18. The van der Waals surface area contributed by atoms with Gasteiger partial charge in [0.05, 0.1) is 17.4 Å². The number of aromatic nitrogens is 2. The summed E-state index contributed by atoms with van der Waals surface area (Å²) in [5.41, 5.74) is 4.67. The van der Waals surface area contributed by atoms with Gasteiger partial charge in [-0.15, -0.1) is 0 Å². The van der Waals surface area contributed by atoms with E-state index in [-0.39, 0.29) is 6.04 Å². The van der Waals surface area contributed by atoms with Crippen molar-refractivity contribution in [3.05, 3.63) is 51.8 Å².